The summed E-state index contributed by atoms with van der Waals surface area (Å²) in [7, 11) is 0. The normalized spacial score (nSPS) is 11.3. The highest BCUT2D eigenvalue weighted by Gasteiger charge is 2.28. The molecule has 4 aromatic rings. The minimum atomic E-state index is -1.11. The predicted molar refractivity (Wildman–Crippen MR) is 107 cm³/mol. The maximum atomic E-state index is 15.2. The molecule has 0 spiro atoms. The van der Waals surface area contributed by atoms with Crippen LogP contribution in [0.4, 0.5) is 28.9 Å². The SMILES string of the molecule is OCC(CO)N(c1c(F)cc(Oc2ccc(F)cc2F)cc1F)c1ccnc2[nH]ncc12. The Balaban J connectivity index is 1.80. The van der Waals surface area contributed by atoms with E-state index in [0.717, 1.165) is 29.2 Å². The number of hydrogen-bond acceptors (Lipinski definition) is 6. The van der Waals surface area contributed by atoms with Crippen LogP contribution in [0.1, 0.15) is 0 Å². The number of benzene rings is 2. The van der Waals surface area contributed by atoms with Crippen LogP contribution in [0, 0.1) is 23.3 Å². The predicted octanol–water partition coefficient (Wildman–Crippen LogP) is 3.80. The topological polar surface area (TPSA) is 94.5 Å². The van der Waals surface area contributed by atoms with Gasteiger partial charge in [-0.2, -0.15) is 5.10 Å². The van der Waals surface area contributed by atoms with Gasteiger partial charge in [-0.15, -0.1) is 0 Å². The van der Waals surface area contributed by atoms with Crippen molar-refractivity contribution in [3.8, 4) is 11.5 Å². The first-order valence-electron chi connectivity index (χ1n) is 9.34. The quantitative estimate of drug-likeness (QED) is 0.373. The van der Waals surface area contributed by atoms with E-state index in [9.17, 15) is 19.0 Å². The number of aromatic nitrogens is 3. The van der Waals surface area contributed by atoms with Crippen molar-refractivity contribution in [2.45, 2.75) is 6.04 Å². The lowest BCUT2D eigenvalue weighted by Crippen LogP contribution is -2.38. The second-order valence-electron chi connectivity index (χ2n) is 6.76. The highest BCUT2D eigenvalue weighted by Crippen LogP contribution is 2.38. The average molecular weight is 448 g/mol. The first-order valence-corrected chi connectivity index (χ1v) is 9.34. The molecule has 4 rings (SSSR count). The lowest BCUT2D eigenvalue weighted by molar-refractivity contribution is 0.193. The second-order valence-corrected chi connectivity index (χ2v) is 6.76. The number of H-pyrrole nitrogens is 1. The van der Waals surface area contributed by atoms with Crippen molar-refractivity contribution in [3.63, 3.8) is 0 Å². The van der Waals surface area contributed by atoms with Gasteiger partial charge in [-0.1, -0.05) is 0 Å². The maximum Gasteiger partial charge on any atom is 0.168 e. The third kappa shape index (κ3) is 3.95. The number of nitrogens with zero attached hydrogens (tertiary/aromatic N) is 3. The van der Waals surface area contributed by atoms with Crippen molar-refractivity contribution >= 4 is 22.4 Å². The zero-order valence-corrected chi connectivity index (χ0v) is 16.3. The number of hydrogen-bond donors (Lipinski definition) is 3. The summed E-state index contributed by atoms with van der Waals surface area (Å²) in [4.78, 5) is 5.16. The van der Waals surface area contributed by atoms with E-state index < -0.39 is 54.0 Å². The summed E-state index contributed by atoms with van der Waals surface area (Å²) in [5.74, 6) is -4.89. The first kappa shape index (κ1) is 21.5. The molecule has 0 unspecified atom stereocenters. The standard InChI is InChI=1S/C21H16F4N4O3/c22-11-1-2-19(15(23)5-11)32-13-6-16(24)20(17(25)7-13)29(12(9-30)10-31)18-3-4-26-21-14(18)8-27-28-21/h1-8,12,30-31H,9-10H2,(H,26,27,28). The molecule has 0 atom stereocenters. The van der Waals surface area contributed by atoms with Crippen LogP contribution in [-0.4, -0.2) is 44.7 Å². The number of pyridine rings is 1. The molecule has 0 radical (unpaired) electrons. The molecule has 0 bridgehead atoms. The number of ether oxygens (including phenoxy) is 1. The fourth-order valence-electron chi connectivity index (χ4n) is 3.28. The Bertz CT molecular complexity index is 1240. The number of halogens is 4. The first-order chi connectivity index (χ1) is 15.4. The van der Waals surface area contributed by atoms with Gasteiger partial charge >= 0.3 is 0 Å². The molecule has 7 nitrogen and oxygen atoms in total. The van der Waals surface area contributed by atoms with Gasteiger partial charge in [0.25, 0.3) is 0 Å². The molecular formula is C21H16F4N4O3. The van der Waals surface area contributed by atoms with E-state index in [1.807, 2.05) is 0 Å². The van der Waals surface area contributed by atoms with E-state index in [1.54, 1.807) is 0 Å². The van der Waals surface area contributed by atoms with Gasteiger partial charge in [0.05, 0.1) is 36.5 Å². The van der Waals surface area contributed by atoms with E-state index in [2.05, 4.69) is 15.2 Å². The fraction of sp³-hybridized carbons (Fsp3) is 0.143. The number of aliphatic hydroxyl groups is 2. The molecule has 0 aliphatic carbocycles. The van der Waals surface area contributed by atoms with Gasteiger partial charge in [-0.05, 0) is 18.2 Å². The van der Waals surface area contributed by atoms with Gasteiger partial charge in [0.15, 0.2) is 28.8 Å². The summed E-state index contributed by atoms with van der Waals surface area (Å²) in [5, 5.41) is 26.4. The number of anilines is 2. The van der Waals surface area contributed by atoms with Gasteiger partial charge in [0.2, 0.25) is 0 Å². The van der Waals surface area contributed by atoms with E-state index in [4.69, 9.17) is 4.74 Å². The summed E-state index contributed by atoms with van der Waals surface area (Å²) in [6.07, 6.45) is 2.76. The molecule has 0 aliphatic rings. The molecule has 0 amide bonds. The molecule has 11 heteroatoms. The molecule has 0 aliphatic heterocycles. The zero-order valence-electron chi connectivity index (χ0n) is 16.3. The van der Waals surface area contributed by atoms with E-state index in [1.165, 1.54) is 18.5 Å². The Morgan fingerprint density at radius 2 is 1.69 bits per heavy atom. The summed E-state index contributed by atoms with van der Waals surface area (Å²) >= 11 is 0. The maximum absolute atomic E-state index is 15.2. The average Bonchev–Trinajstić information content (AvgIpc) is 3.24. The van der Waals surface area contributed by atoms with E-state index >= 15 is 8.78 Å². The van der Waals surface area contributed by atoms with Crippen molar-refractivity contribution in [3.05, 3.63) is 72.1 Å². The Labute approximate surface area is 178 Å². The number of rotatable bonds is 7. The third-order valence-corrected chi connectivity index (χ3v) is 4.73. The summed E-state index contributed by atoms with van der Waals surface area (Å²) in [5.41, 5.74) is -0.0266. The van der Waals surface area contributed by atoms with Crippen LogP contribution in [0.15, 0.2) is 48.8 Å². The summed E-state index contributed by atoms with van der Waals surface area (Å²) < 4.78 is 62.4. The number of aromatic amines is 1. The van der Waals surface area contributed by atoms with Gasteiger partial charge in [0, 0.05) is 24.4 Å². The fourth-order valence-corrected chi connectivity index (χ4v) is 3.28. The van der Waals surface area contributed by atoms with Crippen molar-refractivity contribution < 1.29 is 32.5 Å². The molecule has 0 fully saturated rings. The lowest BCUT2D eigenvalue weighted by atomic mass is 10.1. The van der Waals surface area contributed by atoms with Crippen LogP contribution >= 0.6 is 0 Å². The van der Waals surface area contributed by atoms with Crippen LogP contribution in [0.2, 0.25) is 0 Å². The smallest absolute Gasteiger partial charge is 0.168 e. The minimum absolute atomic E-state index is 0.230. The van der Waals surface area contributed by atoms with Crippen LogP contribution in [0.3, 0.4) is 0 Å². The molecule has 0 saturated carbocycles. The highest BCUT2D eigenvalue weighted by atomic mass is 19.1. The Morgan fingerprint density at radius 3 is 2.34 bits per heavy atom. The van der Waals surface area contributed by atoms with Crippen molar-refractivity contribution in [2.75, 3.05) is 18.1 Å². The van der Waals surface area contributed by atoms with Gasteiger partial charge in [-0.3, -0.25) is 5.10 Å². The lowest BCUT2D eigenvalue weighted by Gasteiger charge is -2.32. The highest BCUT2D eigenvalue weighted by molar-refractivity contribution is 5.91. The monoisotopic (exact) mass is 448 g/mol. The van der Waals surface area contributed by atoms with Crippen LogP contribution < -0.4 is 9.64 Å². The van der Waals surface area contributed by atoms with Crippen molar-refractivity contribution in [2.24, 2.45) is 0 Å². The van der Waals surface area contributed by atoms with E-state index in [-0.39, 0.29) is 11.4 Å². The summed E-state index contributed by atoms with van der Waals surface area (Å²) in [6.45, 7) is -1.26. The van der Waals surface area contributed by atoms with Crippen LogP contribution in [-0.2, 0) is 0 Å². The van der Waals surface area contributed by atoms with Gasteiger partial charge in [0.1, 0.15) is 17.3 Å². The van der Waals surface area contributed by atoms with Gasteiger partial charge < -0.3 is 19.8 Å². The Hall–Kier alpha value is -3.70. The molecule has 2 aromatic carbocycles. The molecular weight excluding hydrogens is 432 g/mol. The van der Waals surface area contributed by atoms with Crippen molar-refractivity contribution in [1.82, 2.24) is 15.2 Å². The zero-order chi connectivity index (χ0) is 22.8. The number of fused-ring (bicyclic) bond motifs is 1. The second kappa shape index (κ2) is 8.81. The molecule has 0 saturated heterocycles. The third-order valence-electron chi connectivity index (χ3n) is 4.73. The van der Waals surface area contributed by atoms with Crippen LogP contribution in [0.25, 0.3) is 11.0 Å². The molecule has 32 heavy (non-hydrogen) atoms. The molecule has 166 valence electrons. The molecule has 2 aromatic heterocycles. The molecule has 2 heterocycles. The molecule has 3 N–H and O–H groups in total. The Kier molecular flexibility index (Phi) is 5.93. The van der Waals surface area contributed by atoms with E-state index in [0.29, 0.717) is 17.1 Å². The Morgan fingerprint density at radius 1 is 0.969 bits per heavy atom. The largest absolute Gasteiger partial charge is 0.454 e. The minimum Gasteiger partial charge on any atom is -0.454 e. The van der Waals surface area contributed by atoms with Gasteiger partial charge in [-0.25, -0.2) is 22.5 Å². The summed E-state index contributed by atoms with van der Waals surface area (Å²) in [6, 6.07) is 4.47. The van der Waals surface area contributed by atoms with Crippen LogP contribution in [0.5, 0.6) is 11.5 Å². The number of aliphatic hydroxyl groups excluding tert-OH is 2. The number of nitrogens with one attached hydrogen (secondary N) is 1. The van der Waals surface area contributed by atoms with Crippen molar-refractivity contribution in [1.29, 1.82) is 0 Å².